The number of aliphatic hydroxyl groups is 1. The van der Waals surface area contributed by atoms with E-state index >= 15 is 0 Å². The number of Topliss-reactive ketones (excluding diaryl/α,β-unsaturated/α-hetero) is 1. The number of hydrogen-bond acceptors (Lipinski definition) is 3. The molecule has 7 heteroatoms. The van der Waals surface area contributed by atoms with Gasteiger partial charge in [-0.2, -0.15) is 18.4 Å². The zero-order chi connectivity index (χ0) is 18.0. The number of aliphatic hydroxyl groups excluding tert-OH is 1. The minimum Gasteiger partial charge on any atom is -0.506 e. The molecular weight excluding hydrogens is 314 g/mol. The number of carbonyl (C=O) groups excluding carboxylic acids is 1. The Labute approximate surface area is 130 Å². The molecule has 3 nitrogen and oxygen atoms in total. The summed E-state index contributed by atoms with van der Waals surface area (Å²) in [6.07, 6.45) is -4.67. The first-order chi connectivity index (χ1) is 10.4. The summed E-state index contributed by atoms with van der Waals surface area (Å²) in [7, 11) is 0. The summed E-state index contributed by atoms with van der Waals surface area (Å²) in [4.78, 5) is 12.1. The molecule has 0 amide bonds. The van der Waals surface area contributed by atoms with E-state index in [2.05, 4.69) is 0 Å². The van der Waals surface area contributed by atoms with Gasteiger partial charge in [-0.25, -0.2) is 4.39 Å². The average molecular weight is 329 g/mol. The Kier molecular flexibility index (Phi) is 5.20. The van der Waals surface area contributed by atoms with E-state index in [1.807, 2.05) is 0 Å². The second kappa shape index (κ2) is 6.41. The van der Waals surface area contributed by atoms with Crippen LogP contribution >= 0.6 is 0 Å². The maximum Gasteiger partial charge on any atom is 0.416 e. The monoisotopic (exact) mass is 329 g/mol. The quantitative estimate of drug-likeness (QED) is 0.382. The second-order valence-corrected chi connectivity index (χ2v) is 5.92. The summed E-state index contributed by atoms with van der Waals surface area (Å²) in [6, 6.07) is 3.58. The highest BCUT2D eigenvalue weighted by Crippen LogP contribution is 2.33. The number of hydrogen-bond donors (Lipinski definition) is 1. The van der Waals surface area contributed by atoms with Gasteiger partial charge in [0.1, 0.15) is 24.1 Å². The molecule has 0 aliphatic carbocycles. The van der Waals surface area contributed by atoms with Gasteiger partial charge in [-0.1, -0.05) is 26.8 Å². The summed E-state index contributed by atoms with van der Waals surface area (Å²) in [6.45, 7) is 3.26. The molecule has 0 aliphatic rings. The summed E-state index contributed by atoms with van der Waals surface area (Å²) in [5.41, 5.74) is -3.45. The molecule has 0 unspecified atom stereocenters. The van der Waals surface area contributed by atoms with Crippen LogP contribution in [0.2, 0.25) is 0 Å². The highest BCUT2D eigenvalue weighted by Gasteiger charge is 2.32. The van der Waals surface area contributed by atoms with Crippen LogP contribution in [0.4, 0.5) is 17.6 Å². The van der Waals surface area contributed by atoms with Crippen LogP contribution in [0.3, 0.4) is 0 Å². The van der Waals surface area contributed by atoms with Crippen LogP contribution in [-0.4, -0.2) is 10.9 Å². The Hall–Kier alpha value is -2.36. The normalized spacial score (nSPS) is 13.3. The molecular formula is C16H15F4NO2. The first-order valence-corrected chi connectivity index (χ1v) is 6.58. The first kappa shape index (κ1) is 18.7. The van der Waals surface area contributed by atoms with E-state index in [0.29, 0.717) is 12.1 Å². The maximum absolute atomic E-state index is 13.0. The lowest BCUT2D eigenvalue weighted by atomic mass is 9.85. The van der Waals surface area contributed by atoms with Gasteiger partial charge in [0.25, 0.3) is 0 Å². The molecule has 0 radical (unpaired) electrons. The number of allylic oxidation sites excluding steroid dienone is 1. The van der Waals surface area contributed by atoms with E-state index in [1.54, 1.807) is 0 Å². The van der Waals surface area contributed by atoms with Gasteiger partial charge in [0.15, 0.2) is 5.78 Å². The van der Waals surface area contributed by atoms with Crippen LogP contribution in [0.15, 0.2) is 23.8 Å². The molecule has 0 spiro atoms. The average Bonchev–Trinajstić information content (AvgIpc) is 2.45. The first-order valence-electron chi connectivity index (χ1n) is 6.58. The van der Waals surface area contributed by atoms with E-state index in [1.165, 1.54) is 26.8 Å². The van der Waals surface area contributed by atoms with Crippen molar-refractivity contribution in [3.8, 4) is 6.07 Å². The molecule has 1 aromatic rings. The lowest BCUT2D eigenvalue weighted by Crippen LogP contribution is -2.22. The Balaban J connectivity index is 3.53. The molecule has 0 bridgehead atoms. The molecule has 0 saturated heterocycles. The van der Waals surface area contributed by atoms with Crippen molar-refractivity contribution >= 4 is 11.5 Å². The molecule has 0 aliphatic heterocycles. The molecule has 124 valence electrons. The van der Waals surface area contributed by atoms with Crippen LogP contribution in [-0.2, 0) is 17.6 Å². The smallest absolute Gasteiger partial charge is 0.416 e. The van der Waals surface area contributed by atoms with Gasteiger partial charge in [-0.05, 0) is 17.7 Å². The standard InChI is InChI=1S/C16H15F4NO2/c1-15(2,3)14(23)12(8-21)13(22)11-5-4-10(16(18,19)20)6-9(11)7-17/h4-6,22H,7H2,1-3H3/b13-12-. The van der Waals surface area contributed by atoms with E-state index in [4.69, 9.17) is 5.26 Å². The molecule has 23 heavy (non-hydrogen) atoms. The summed E-state index contributed by atoms with van der Waals surface area (Å²) >= 11 is 0. The Morgan fingerprint density at radius 1 is 1.26 bits per heavy atom. The third-order valence-electron chi connectivity index (χ3n) is 3.09. The third kappa shape index (κ3) is 4.09. The number of nitrogens with zero attached hydrogens (tertiary/aromatic N) is 1. The minimum atomic E-state index is -4.67. The zero-order valence-corrected chi connectivity index (χ0v) is 12.8. The summed E-state index contributed by atoms with van der Waals surface area (Å²) in [5.74, 6) is -1.52. The number of carbonyl (C=O) groups is 1. The molecule has 1 rings (SSSR count). The number of alkyl halides is 4. The van der Waals surface area contributed by atoms with Gasteiger partial charge in [-0.15, -0.1) is 0 Å². The van der Waals surface area contributed by atoms with E-state index in [0.717, 1.165) is 6.07 Å². The molecule has 0 atom stereocenters. The Bertz CT molecular complexity index is 692. The van der Waals surface area contributed by atoms with Crippen LogP contribution in [0, 0.1) is 16.7 Å². The fraction of sp³-hybridized carbons (Fsp3) is 0.375. The zero-order valence-electron chi connectivity index (χ0n) is 12.8. The molecule has 1 N–H and O–H groups in total. The minimum absolute atomic E-state index is 0.311. The number of benzene rings is 1. The van der Waals surface area contributed by atoms with Crippen LogP contribution in [0.25, 0.3) is 5.76 Å². The molecule has 0 fully saturated rings. The largest absolute Gasteiger partial charge is 0.506 e. The van der Waals surface area contributed by atoms with Crippen molar-refractivity contribution in [2.24, 2.45) is 5.41 Å². The topological polar surface area (TPSA) is 61.1 Å². The van der Waals surface area contributed by atoms with Gasteiger partial charge < -0.3 is 5.11 Å². The maximum atomic E-state index is 13.0. The predicted octanol–water partition coefficient (Wildman–Crippen LogP) is 4.58. The van der Waals surface area contributed by atoms with Crippen molar-refractivity contribution in [3.63, 3.8) is 0 Å². The third-order valence-corrected chi connectivity index (χ3v) is 3.09. The molecule has 0 heterocycles. The predicted molar refractivity (Wildman–Crippen MR) is 75.9 cm³/mol. The van der Waals surface area contributed by atoms with Crippen molar-refractivity contribution in [1.82, 2.24) is 0 Å². The van der Waals surface area contributed by atoms with Gasteiger partial charge in [0, 0.05) is 11.0 Å². The lowest BCUT2D eigenvalue weighted by Gasteiger charge is -2.17. The Morgan fingerprint density at radius 3 is 2.22 bits per heavy atom. The highest BCUT2D eigenvalue weighted by molar-refractivity contribution is 6.07. The lowest BCUT2D eigenvalue weighted by molar-refractivity contribution is -0.137. The van der Waals surface area contributed by atoms with Gasteiger partial charge in [0.05, 0.1) is 5.56 Å². The number of ketones is 1. The fourth-order valence-electron chi connectivity index (χ4n) is 1.83. The number of rotatable bonds is 3. The van der Waals surface area contributed by atoms with Crippen LogP contribution in [0.1, 0.15) is 37.5 Å². The van der Waals surface area contributed by atoms with E-state index < -0.39 is 46.5 Å². The molecule has 0 aromatic heterocycles. The van der Waals surface area contributed by atoms with Gasteiger partial charge in [0.2, 0.25) is 0 Å². The SMILES string of the molecule is CC(C)(C)C(=O)/C(C#N)=C(\O)c1ccc(C(F)(F)F)cc1CF. The molecule has 1 aromatic carbocycles. The Morgan fingerprint density at radius 2 is 1.83 bits per heavy atom. The number of halogens is 4. The van der Waals surface area contributed by atoms with Gasteiger partial charge >= 0.3 is 6.18 Å². The summed E-state index contributed by atoms with van der Waals surface area (Å²) in [5, 5.41) is 19.2. The van der Waals surface area contributed by atoms with E-state index in [-0.39, 0.29) is 5.56 Å². The van der Waals surface area contributed by atoms with Crippen molar-refractivity contribution < 1.29 is 27.5 Å². The molecule has 0 saturated carbocycles. The van der Waals surface area contributed by atoms with Crippen LogP contribution < -0.4 is 0 Å². The highest BCUT2D eigenvalue weighted by atomic mass is 19.4. The van der Waals surface area contributed by atoms with Gasteiger partial charge in [-0.3, -0.25) is 4.79 Å². The van der Waals surface area contributed by atoms with E-state index in [9.17, 15) is 27.5 Å². The number of nitriles is 1. The fourth-order valence-corrected chi connectivity index (χ4v) is 1.83. The van der Waals surface area contributed by atoms with Crippen molar-refractivity contribution in [2.75, 3.05) is 0 Å². The summed E-state index contributed by atoms with van der Waals surface area (Å²) < 4.78 is 51.0. The van der Waals surface area contributed by atoms with Crippen molar-refractivity contribution in [1.29, 1.82) is 5.26 Å². The van der Waals surface area contributed by atoms with Crippen molar-refractivity contribution in [2.45, 2.75) is 33.6 Å². The van der Waals surface area contributed by atoms with Crippen molar-refractivity contribution in [3.05, 3.63) is 40.5 Å². The second-order valence-electron chi connectivity index (χ2n) is 5.92. The van der Waals surface area contributed by atoms with Crippen LogP contribution in [0.5, 0.6) is 0 Å².